The molecule has 1 heterocycles. The van der Waals surface area contributed by atoms with E-state index in [1.165, 1.54) is 6.33 Å². The van der Waals surface area contributed by atoms with Gasteiger partial charge in [0.15, 0.2) is 5.15 Å². The molecular formula is C14H14BrClN2O. The van der Waals surface area contributed by atoms with Crippen LogP contribution in [0.2, 0.25) is 5.15 Å². The third-order valence-corrected chi connectivity index (χ3v) is 3.85. The molecule has 19 heavy (non-hydrogen) atoms. The summed E-state index contributed by atoms with van der Waals surface area (Å²) >= 11 is 9.26. The molecule has 1 aromatic carbocycles. The molecule has 0 N–H and O–H groups in total. The normalized spacial score (nSPS) is 11.4. The van der Waals surface area contributed by atoms with E-state index in [-0.39, 0.29) is 5.41 Å². The molecule has 100 valence electrons. The van der Waals surface area contributed by atoms with E-state index in [0.29, 0.717) is 15.5 Å². The lowest BCUT2D eigenvalue weighted by molar-refractivity contribution is 0.436. The van der Waals surface area contributed by atoms with E-state index in [1.807, 2.05) is 24.3 Å². The van der Waals surface area contributed by atoms with E-state index in [9.17, 15) is 0 Å². The molecule has 0 aliphatic carbocycles. The van der Waals surface area contributed by atoms with Crippen molar-refractivity contribution in [1.82, 2.24) is 9.97 Å². The van der Waals surface area contributed by atoms with E-state index >= 15 is 0 Å². The highest BCUT2D eigenvalue weighted by atomic mass is 79.9. The molecule has 3 nitrogen and oxygen atoms in total. The van der Waals surface area contributed by atoms with Crippen molar-refractivity contribution in [1.29, 1.82) is 0 Å². The summed E-state index contributed by atoms with van der Waals surface area (Å²) < 4.78 is 6.42. The first-order chi connectivity index (χ1) is 8.89. The number of rotatable bonds is 2. The molecule has 2 rings (SSSR count). The van der Waals surface area contributed by atoms with Crippen molar-refractivity contribution in [3.63, 3.8) is 0 Å². The zero-order valence-corrected chi connectivity index (χ0v) is 13.3. The first-order valence-electron chi connectivity index (χ1n) is 5.83. The second kappa shape index (κ2) is 5.47. The van der Waals surface area contributed by atoms with Crippen molar-refractivity contribution in [2.75, 3.05) is 0 Å². The van der Waals surface area contributed by atoms with Crippen molar-refractivity contribution in [3.8, 4) is 11.6 Å². The Hall–Kier alpha value is -1.13. The fraction of sp³-hybridized carbons (Fsp3) is 0.286. The molecule has 1 aromatic heterocycles. The van der Waals surface area contributed by atoms with Gasteiger partial charge in [0, 0.05) is 5.56 Å². The third kappa shape index (κ3) is 3.25. The van der Waals surface area contributed by atoms with Crippen molar-refractivity contribution in [2.24, 2.45) is 0 Å². The fourth-order valence-electron chi connectivity index (χ4n) is 1.68. The predicted octanol–water partition coefficient (Wildman–Crippen LogP) is 4.98. The lowest BCUT2D eigenvalue weighted by Crippen LogP contribution is -2.12. The van der Waals surface area contributed by atoms with Crippen LogP contribution in [-0.4, -0.2) is 9.97 Å². The largest absolute Gasteiger partial charge is 0.437 e. The molecule has 0 aliphatic heterocycles. The van der Waals surface area contributed by atoms with Crippen LogP contribution >= 0.6 is 27.5 Å². The van der Waals surface area contributed by atoms with E-state index in [0.717, 1.165) is 11.3 Å². The zero-order valence-electron chi connectivity index (χ0n) is 10.9. The van der Waals surface area contributed by atoms with Gasteiger partial charge >= 0.3 is 0 Å². The quantitative estimate of drug-likeness (QED) is 0.722. The van der Waals surface area contributed by atoms with Crippen LogP contribution in [0.3, 0.4) is 0 Å². The predicted molar refractivity (Wildman–Crippen MR) is 80.0 cm³/mol. The van der Waals surface area contributed by atoms with Gasteiger partial charge in [0.2, 0.25) is 5.88 Å². The number of benzene rings is 1. The standard InChI is InChI=1S/C14H14BrClN2O/c1-14(2,3)9-6-4-5-7-10(9)19-13-11(15)12(16)17-8-18-13/h4-8H,1-3H3. The first kappa shape index (κ1) is 14.3. The summed E-state index contributed by atoms with van der Waals surface area (Å²) in [6, 6.07) is 7.89. The van der Waals surface area contributed by atoms with Crippen LogP contribution in [0.15, 0.2) is 35.1 Å². The molecule has 0 spiro atoms. The highest BCUT2D eigenvalue weighted by Gasteiger charge is 2.20. The Bertz CT molecular complexity index is 596. The minimum Gasteiger partial charge on any atom is -0.437 e. The zero-order chi connectivity index (χ0) is 14.0. The Morgan fingerprint density at radius 1 is 1.16 bits per heavy atom. The summed E-state index contributed by atoms with van der Waals surface area (Å²) in [5, 5.41) is 0.332. The number of nitrogens with zero attached hydrogens (tertiary/aromatic N) is 2. The minimum absolute atomic E-state index is 0.0140. The van der Waals surface area contributed by atoms with E-state index < -0.39 is 0 Å². The maximum Gasteiger partial charge on any atom is 0.238 e. The Morgan fingerprint density at radius 3 is 2.53 bits per heavy atom. The monoisotopic (exact) mass is 340 g/mol. The van der Waals surface area contributed by atoms with Gasteiger partial charge in [-0.2, -0.15) is 0 Å². The van der Waals surface area contributed by atoms with Crippen LogP contribution in [0.1, 0.15) is 26.3 Å². The Kier molecular flexibility index (Phi) is 4.11. The highest BCUT2D eigenvalue weighted by Crippen LogP contribution is 2.36. The SMILES string of the molecule is CC(C)(C)c1ccccc1Oc1ncnc(Cl)c1Br. The van der Waals surface area contributed by atoms with Gasteiger partial charge in [-0.15, -0.1) is 0 Å². The molecular weight excluding hydrogens is 328 g/mol. The summed E-state index contributed by atoms with van der Waals surface area (Å²) in [5.41, 5.74) is 1.09. The van der Waals surface area contributed by atoms with E-state index in [1.54, 1.807) is 0 Å². The van der Waals surface area contributed by atoms with E-state index in [4.69, 9.17) is 16.3 Å². The molecule has 0 unspecified atom stereocenters. The van der Waals surface area contributed by atoms with E-state index in [2.05, 4.69) is 46.7 Å². The molecule has 0 saturated heterocycles. The number of hydrogen-bond donors (Lipinski definition) is 0. The fourth-order valence-corrected chi connectivity index (χ4v) is 2.09. The van der Waals surface area contributed by atoms with Crippen molar-refractivity contribution in [2.45, 2.75) is 26.2 Å². The number of hydrogen-bond acceptors (Lipinski definition) is 3. The maximum absolute atomic E-state index is 5.93. The average molecular weight is 342 g/mol. The van der Waals surface area contributed by atoms with Gasteiger partial charge in [-0.3, -0.25) is 0 Å². The summed E-state index contributed by atoms with van der Waals surface area (Å²) in [6.07, 6.45) is 1.38. The summed E-state index contributed by atoms with van der Waals surface area (Å²) in [5.74, 6) is 1.18. The molecule has 0 amide bonds. The van der Waals surface area contributed by atoms with Crippen molar-refractivity contribution >= 4 is 27.5 Å². The molecule has 0 atom stereocenters. The number of ether oxygens (including phenoxy) is 1. The van der Waals surface area contributed by atoms with Crippen LogP contribution in [0.25, 0.3) is 0 Å². The van der Waals surface area contributed by atoms with Gasteiger partial charge in [-0.25, -0.2) is 9.97 Å². The Morgan fingerprint density at radius 2 is 1.84 bits per heavy atom. The number of aromatic nitrogens is 2. The van der Waals surface area contributed by atoms with Crippen LogP contribution in [0.4, 0.5) is 0 Å². The van der Waals surface area contributed by atoms with Gasteiger partial charge in [0.25, 0.3) is 0 Å². The van der Waals surface area contributed by atoms with Gasteiger partial charge in [0.1, 0.15) is 16.5 Å². The molecule has 0 fully saturated rings. The van der Waals surface area contributed by atoms with Gasteiger partial charge in [-0.1, -0.05) is 50.6 Å². The van der Waals surface area contributed by atoms with Crippen LogP contribution in [-0.2, 0) is 5.41 Å². The lowest BCUT2D eigenvalue weighted by Gasteiger charge is -2.22. The first-order valence-corrected chi connectivity index (χ1v) is 7.00. The summed E-state index contributed by atoms with van der Waals surface area (Å²) in [7, 11) is 0. The molecule has 5 heteroatoms. The van der Waals surface area contributed by atoms with Gasteiger partial charge in [-0.05, 0) is 27.4 Å². The van der Waals surface area contributed by atoms with Crippen LogP contribution in [0.5, 0.6) is 11.6 Å². The summed E-state index contributed by atoms with van der Waals surface area (Å²) in [6.45, 7) is 6.41. The molecule has 0 saturated carbocycles. The van der Waals surface area contributed by atoms with Crippen LogP contribution in [0, 0.1) is 0 Å². The second-order valence-electron chi connectivity index (χ2n) is 5.13. The van der Waals surface area contributed by atoms with Gasteiger partial charge in [0.05, 0.1) is 0 Å². The topological polar surface area (TPSA) is 35.0 Å². The molecule has 0 radical (unpaired) electrons. The Labute approximate surface area is 126 Å². The minimum atomic E-state index is -0.0140. The van der Waals surface area contributed by atoms with Crippen LogP contribution < -0.4 is 4.74 Å². The highest BCUT2D eigenvalue weighted by molar-refractivity contribution is 9.10. The summed E-state index contributed by atoms with van der Waals surface area (Å²) in [4.78, 5) is 7.97. The average Bonchev–Trinajstić information content (AvgIpc) is 2.34. The van der Waals surface area contributed by atoms with Crippen molar-refractivity contribution in [3.05, 3.63) is 45.8 Å². The smallest absolute Gasteiger partial charge is 0.238 e. The van der Waals surface area contributed by atoms with Gasteiger partial charge < -0.3 is 4.74 Å². The number of halogens is 2. The molecule has 0 bridgehead atoms. The van der Waals surface area contributed by atoms with Crippen molar-refractivity contribution < 1.29 is 4.74 Å². The molecule has 0 aliphatic rings. The maximum atomic E-state index is 5.93. The number of para-hydroxylation sites is 1. The second-order valence-corrected chi connectivity index (χ2v) is 6.28. The Balaban J connectivity index is 2.42. The third-order valence-electron chi connectivity index (χ3n) is 2.62. The molecule has 2 aromatic rings. The lowest BCUT2D eigenvalue weighted by atomic mass is 9.86.